The molecule has 1 aromatic heterocycles. The van der Waals surface area contributed by atoms with E-state index < -0.39 is 29.9 Å². The predicted molar refractivity (Wildman–Crippen MR) is 130 cm³/mol. The van der Waals surface area contributed by atoms with Gasteiger partial charge in [-0.15, -0.1) is 11.3 Å². The Morgan fingerprint density at radius 1 is 0.941 bits per heavy atom. The van der Waals surface area contributed by atoms with Crippen molar-refractivity contribution in [1.29, 1.82) is 0 Å². The zero-order valence-electron chi connectivity index (χ0n) is 20.1. The summed E-state index contributed by atoms with van der Waals surface area (Å²) in [7, 11) is 0. The van der Waals surface area contributed by atoms with Gasteiger partial charge in [-0.25, -0.2) is 4.79 Å². The Labute approximate surface area is 205 Å². The van der Waals surface area contributed by atoms with Crippen molar-refractivity contribution in [1.82, 2.24) is 0 Å². The van der Waals surface area contributed by atoms with E-state index in [0.29, 0.717) is 23.4 Å². The number of thiophene rings is 1. The number of hydrogen-bond acceptors (Lipinski definition) is 6. The van der Waals surface area contributed by atoms with Gasteiger partial charge in [-0.3, -0.25) is 9.59 Å². The summed E-state index contributed by atoms with van der Waals surface area (Å²) >= 11 is 1.47. The van der Waals surface area contributed by atoms with E-state index in [1.165, 1.54) is 43.4 Å². The number of carboxylic acids is 1. The molecule has 2 fully saturated rings. The van der Waals surface area contributed by atoms with Gasteiger partial charge in [0.25, 0.3) is 0 Å². The molecule has 4 rings (SSSR count). The zero-order valence-corrected chi connectivity index (χ0v) is 20.9. The van der Waals surface area contributed by atoms with Crippen LogP contribution in [0.2, 0.25) is 0 Å². The molecule has 0 saturated carbocycles. The van der Waals surface area contributed by atoms with Gasteiger partial charge in [0.2, 0.25) is 5.91 Å². The number of amides is 1. The van der Waals surface area contributed by atoms with Crippen LogP contribution in [0.15, 0.2) is 0 Å². The second-order valence-corrected chi connectivity index (χ2v) is 10.9. The summed E-state index contributed by atoms with van der Waals surface area (Å²) in [5.41, 5.74) is 1.48. The van der Waals surface area contributed by atoms with Crippen molar-refractivity contribution in [3.8, 4) is 0 Å². The van der Waals surface area contributed by atoms with Crippen molar-refractivity contribution in [3.63, 3.8) is 0 Å². The number of hydrogen-bond donors (Lipinski definition) is 2. The molecule has 0 aromatic carbocycles. The summed E-state index contributed by atoms with van der Waals surface area (Å²) < 4.78 is 11.2. The number of esters is 1. The van der Waals surface area contributed by atoms with Gasteiger partial charge in [-0.05, 0) is 51.0 Å². The van der Waals surface area contributed by atoms with Crippen LogP contribution in [0.3, 0.4) is 0 Å². The monoisotopic (exact) mass is 491 g/mol. The number of aliphatic carboxylic acids is 1. The van der Waals surface area contributed by atoms with Gasteiger partial charge in [0.1, 0.15) is 5.00 Å². The topological polar surface area (TPSA) is 102 Å². The van der Waals surface area contributed by atoms with Crippen LogP contribution < -0.4 is 5.32 Å². The van der Waals surface area contributed by atoms with Gasteiger partial charge in [0.05, 0.1) is 36.2 Å². The van der Waals surface area contributed by atoms with Gasteiger partial charge in [-0.2, -0.15) is 0 Å². The highest BCUT2D eigenvalue weighted by atomic mass is 32.1. The highest BCUT2D eigenvalue weighted by Gasteiger charge is 2.55. The fourth-order valence-electron chi connectivity index (χ4n) is 5.83. The minimum atomic E-state index is -0.994. The Kier molecular flexibility index (Phi) is 8.64. The Balaban J connectivity index is 1.61. The summed E-state index contributed by atoms with van der Waals surface area (Å²) in [6.45, 7) is 2.04. The zero-order chi connectivity index (χ0) is 24.1. The summed E-state index contributed by atoms with van der Waals surface area (Å²) in [6.07, 6.45) is 12.9. The van der Waals surface area contributed by atoms with Crippen LogP contribution in [0, 0.1) is 11.8 Å². The third-order valence-electron chi connectivity index (χ3n) is 7.50. The van der Waals surface area contributed by atoms with Crippen molar-refractivity contribution in [2.75, 3.05) is 11.9 Å². The molecule has 1 amide bonds. The van der Waals surface area contributed by atoms with Crippen LogP contribution in [0.5, 0.6) is 0 Å². The fourth-order valence-corrected chi connectivity index (χ4v) is 7.11. The quantitative estimate of drug-likeness (QED) is 0.538. The molecule has 4 atom stereocenters. The molecular formula is C26H37NO6S. The number of aryl methyl sites for hydroxylation is 1. The molecule has 3 heterocycles. The minimum Gasteiger partial charge on any atom is -0.481 e. The van der Waals surface area contributed by atoms with Crippen LogP contribution >= 0.6 is 11.3 Å². The first-order chi connectivity index (χ1) is 16.5. The molecule has 0 spiro atoms. The van der Waals surface area contributed by atoms with Crippen LogP contribution in [0.25, 0.3) is 0 Å². The summed E-state index contributed by atoms with van der Waals surface area (Å²) in [5, 5.41) is 13.2. The number of fused-ring (bicyclic) bond motifs is 3. The number of anilines is 1. The van der Waals surface area contributed by atoms with Crippen LogP contribution in [0.4, 0.5) is 5.00 Å². The normalized spacial score (nSPS) is 27.7. The lowest BCUT2D eigenvalue weighted by Gasteiger charge is -2.23. The smallest absolute Gasteiger partial charge is 0.341 e. The molecule has 34 heavy (non-hydrogen) atoms. The van der Waals surface area contributed by atoms with Gasteiger partial charge in [0.15, 0.2) is 0 Å². The van der Waals surface area contributed by atoms with Crippen molar-refractivity contribution < 1.29 is 29.0 Å². The number of carbonyl (C=O) groups excluding carboxylic acids is 2. The molecular weight excluding hydrogens is 454 g/mol. The SMILES string of the molecule is CCOC(=O)c1c(NC(=O)[C@@H]2[C@@H](C(=O)O)[C@@H]3CC[C@@H]2O3)sc2c1CCCCCCCCCCC2. The predicted octanol–water partition coefficient (Wildman–Crippen LogP) is 5.35. The number of carboxylic acid groups (broad SMARTS) is 1. The summed E-state index contributed by atoms with van der Waals surface area (Å²) in [6, 6.07) is 0. The molecule has 2 saturated heterocycles. The molecule has 2 bridgehead atoms. The van der Waals surface area contributed by atoms with Crippen LogP contribution in [-0.2, 0) is 31.9 Å². The lowest BCUT2D eigenvalue weighted by atomic mass is 9.78. The molecule has 7 nitrogen and oxygen atoms in total. The van der Waals surface area contributed by atoms with E-state index in [9.17, 15) is 19.5 Å². The standard InChI is InChI=1S/C26H37NO6S/c1-2-32-26(31)20-16-12-10-8-6-4-3-5-7-9-11-13-19(16)34-24(20)27-23(28)21-17-14-15-18(33-17)22(21)25(29)30/h17-18,21-22H,2-15H2,1H3,(H,27,28)(H,29,30)/t17-,18-,21-,22-/m0/s1. The van der Waals surface area contributed by atoms with Gasteiger partial charge < -0.3 is 19.9 Å². The van der Waals surface area contributed by atoms with Crippen molar-refractivity contribution in [2.45, 2.75) is 103 Å². The first kappa shape index (κ1) is 25.2. The molecule has 1 aliphatic carbocycles. The number of nitrogens with one attached hydrogen (secondary N) is 1. The molecule has 8 heteroatoms. The van der Waals surface area contributed by atoms with E-state index in [1.54, 1.807) is 6.92 Å². The number of rotatable bonds is 5. The Morgan fingerprint density at radius 3 is 2.15 bits per heavy atom. The molecule has 0 radical (unpaired) electrons. The summed E-state index contributed by atoms with van der Waals surface area (Å²) in [5.74, 6) is -3.34. The van der Waals surface area contributed by atoms with Crippen LogP contribution in [-0.4, -0.2) is 41.8 Å². The van der Waals surface area contributed by atoms with E-state index in [1.807, 2.05) is 0 Å². The maximum Gasteiger partial charge on any atom is 0.341 e. The van der Waals surface area contributed by atoms with Crippen LogP contribution in [0.1, 0.15) is 98.4 Å². The maximum absolute atomic E-state index is 13.3. The molecule has 3 aliphatic rings. The van der Waals surface area contributed by atoms with Gasteiger partial charge >= 0.3 is 11.9 Å². The first-order valence-electron chi connectivity index (χ1n) is 13.0. The third kappa shape index (κ3) is 5.48. The van der Waals surface area contributed by atoms with Gasteiger partial charge in [0, 0.05) is 4.88 Å². The first-order valence-corrected chi connectivity index (χ1v) is 13.8. The van der Waals surface area contributed by atoms with Crippen molar-refractivity contribution in [2.24, 2.45) is 11.8 Å². The second kappa shape index (κ2) is 11.7. The van der Waals surface area contributed by atoms with Crippen molar-refractivity contribution >= 4 is 34.2 Å². The molecule has 2 aliphatic heterocycles. The Morgan fingerprint density at radius 2 is 1.53 bits per heavy atom. The number of carbonyl (C=O) groups is 3. The Hall–Kier alpha value is -1.93. The third-order valence-corrected chi connectivity index (χ3v) is 8.71. The van der Waals surface area contributed by atoms with E-state index in [2.05, 4.69) is 5.32 Å². The fraction of sp³-hybridized carbons (Fsp3) is 0.731. The summed E-state index contributed by atoms with van der Waals surface area (Å²) in [4.78, 5) is 39.4. The highest BCUT2D eigenvalue weighted by molar-refractivity contribution is 7.17. The van der Waals surface area contributed by atoms with E-state index in [0.717, 1.165) is 49.0 Å². The average Bonchev–Trinajstić information content (AvgIpc) is 3.50. The Bertz CT molecular complexity index is 896. The highest BCUT2D eigenvalue weighted by Crippen LogP contribution is 2.45. The second-order valence-electron chi connectivity index (χ2n) is 9.78. The van der Waals surface area contributed by atoms with E-state index in [-0.39, 0.29) is 18.6 Å². The van der Waals surface area contributed by atoms with Gasteiger partial charge in [-0.1, -0.05) is 44.9 Å². The minimum absolute atomic E-state index is 0.262. The molecule has 188 valence electrons. The largest absolute Gasteiger partial charge is 0.481 e. The lowest BCUT2D eigenvalue weighted by molar-refractivity contribution is -0.147. The van der Waals surface area contributed by atoms with E-state index in [4.69, 9.17) is 9.47 Å². The van der Waals surface area contributed by atoms with E-state index >= 15 is 0 Å². The lowest BCUT2D eigenvalue weighted by Crippen LogP contribution is -2.41. The van der Waals surface area contributed by atoms with Crippen molar-refractivity contribution in [3.05, 3.63) is 16.0 Å². The molecule has 2 N–H and O–H groups in total. The molecule has 0 unspecified atom stereocenters. The maximum atomic E-state index is 13.3. The average molecular weight is 492 g/mol. The molecule has 1 aromatic rings. The number of ether oxygens (including phenoxy) is 2.